The number of rotatable bonds is 4. The third-order valence-corrected chi connectivity index (χ3v) is 10.6. The largest absolute Gasteiger partial charge is 0.0726 e. The van der Waals surface area contributed by atoms with Crippen LogP contribution in [-0.4, -0.2) is 0 Å². The van der Waals surface area contributed by atoms with Crippen LogP contribution in [0.1, 0.15) is 77.9 Å². The number of hydrogen-bond donors (Lipinski definition) is 0. The molecular weight excluding hydrogens is 565 g/mol. The average Bonchev–Trinajstić information content (AvgIpc) is 3.49. The summed E-state index contributed by atoms with van der Waals surface area (Å²) in [5.74, 6) is 0. The van der Waals surface area contributed by atoms with Crippen LogP contribution in [0.3, 0.4) is 0 Å². The minimum absolute atomic E-state index is 0.395. The first-order chi connectivity index (χ1) is 22.7. The van der Waals surface area contributed by atoms with Gasteiger partial charge in [0.15, 0.2) is 0 Å². The average molecular weight is 605 g/mol. The molecule has 8 rings (SSSR count). The van der Waals surface area contributed by atoms with E-state index in [0.29, 0.717) is 0 Å². The van der Waals surface area contributed by atoms with Gasteiger partial charge in [0.1, 0.15) is 0 Å². The number of fused-ring (bicyclic) bond motifs is 10. The van der Waals surface area contributed by atoms with Gasteiger partial charge in [0.05, 0.1) is 5.41 Å². The summed E-state index contributed by atoms with van der Waals surface area (Å²) >= 11 is 0. The third-order valence-electron chi connectivity index (χ3n) is 10.6. The third kappa shape index (κ3) is 4.66. The smallest absolute Gasteiger partial charge is 0.0587 e. The lowest BCUT2D eigenvalue weighted by atomic mass is 9.69. The van der Waals surface area contributed by atoms with Crippen molar-refractivity contribution in [1.29, 1.82) is 0 Å². The summed E-state index contributed by atoms with van der Waals surface area (Å²) in [4.78, 5) is 0. The first kappa shape index (κ1) is 29.2. The standard InChI is InChI=1S/C47H40/c1-29-7-11-35(12-8-29)15-17-37-19-21-39-40-22-20-38(18-16-36-13-9-30(2)10-14-36)28-46(40)47(45(39)27-37)43-25-33(5)31(3)23-41(43)42-24-32(4)34(6)26-44(42)47/h7-28H,1-6H3/b17-15+,18-16+. The van der Waals surface area contributed by atoms with Gasteiger partial charge in [0, 0.05) is 0 Å². The van der Waals surface area contributed by atoms with Crippen molar-refractivity contribution in [3.8, 4) is 22.3 Å². The van der Waals surface area contributed by atoms with Crippen molar-refractivity contribution in [3.05, 3.63) is 187 Å². The minimum Gasteiger partial charge on any atom is -0.0587 e. The van der Waals surface area contributed by atoms with Crippen molar-refractivity contribution in [1.82, 2.24) is 0 Å². The lowest BCUT2D eigenvalue weighted by Gasteiger charge is -2.31. The second-order valence-corrected chi connectivity index (χ2v) is 13.8. The van der Waals surface area contributed by atoms with E-state index < -0.39 is 5.41 Å². The molecule has 1 spiro atoms. The Labute approximate surface area is 279 Å². The van der Waals surface area contributed by atoms with E-state index in [2.05, 4.69) is 175 Å². The zero-order chi connectivity index (χ0) is 32.4. The quantitative estimate of drug-likeness (QED) is 0.175. The molecule has 0 aromatic heterocycles. The predicted octanol–water partition coefficient (Wildman–Crippen LogP) is 12.2. The summed E-state index contributed by atoms with van der Waals surface area (Å²) in [6.07, 6.45) is 9.02. The van der Waals surface area contributed by atoms with Gasteiger partial charge in [-0.25, -0.2) is 0 Å². The highest BCUT2D eigenvalue weighted by molar-refractivity contribution is 5.97. The second-order valence-electron chi connectivity index (χ2n) is 13.8. The van der Waals surface area contributed by atoms with Crippen molar-refractivity contribution < 1.29 is 0 Å². The summed E-state index contributed by atoms with van der Waals surface area (Å²) in [7, 11) is 0. The van der Waals surface area contributed by atoms with Gasteiger partial charge in [-0.3, -0.25) is 0 Å². The first-order valence-corrected chi connectivity index (χ1v) is 16.7. The van der Waals surface area contributed by atoms with Crippen LogP contribution in [0.5, 0.6) is 0 Å². The van der Waals surface area contributed by atoms with E-state index in [1.54, 1.807) is 0 Å². The molecule has 0 unspecified atom stereocenters. The summed E-state index contributed by atoms with van der Waals surface area (Å²) < 4.78 is 0. The van der Waals surface area contributed by atoms with Crippen LogP contribution >= 0.6 is 0 Å². The van der Waals surface area contributed by atoms with E-state index in [1.165, 1.54) is 100 Å². The molecule has 0 aliphatic heterocycles. The van der Waals surface area contributed by atoms with Crippen LogP contribution < -0.4 is 0 Å². The summed E-state index contributed by atoms with van der Waals surface area (Å²) in [5.41, 5.74) is 23.4. The van der Waals surface area contributed by atoms with Crippen LogP contribution in [0.2, 0.25) is 0 Å². The van der Waals surface area contributed by atoms with E-state index in [-0.39, 0.29) is 0 Å². The molecule has 0 heteroatoms. The maximum absolute atomic E-state index is 2.48. The minimum atomic E-state index is -0.395. The molecule has 0 amide bonds. The molecule has 0 bridgehead atoms. The molecule has 0 fully saturated rings. The molecule has 228 valence electrons. The fourth-order valence-corrected chi connectivity index (χ4v) is 7.73. The monoisotopic (exact) mass is 604 g/mol. The molecule has 0 heterocycles. The molecule has 0 radical (unpaired) electrons. The molecule has 0 saturated heterocycles. The highest BCUT2D eigenvalue weighted by atomic mass is 14.5. The van der Waals surface area contributed by atoms with E-state index >= 15 is 0 Å². The van der Waals surface area contributed by atoms with E-state index in [4.69, 9.17) is 0 Å². The predicted molar refractivity (Wildman–Crippen MR) is 202 cm³/mol. The van der Waals surface area contributed by atoms with Gasteiger partial charge in [-0.05, 0) is 143 Å². The summed E-state index contributed by atoms with van der Waals surface area (Å²) in [6, 6.07) is 41.6. The number of aryl methyl sites for hydroxylation is 6. The SMILES string of the molecule is Cc1ccc(/C=C/c2ccc3c(c2)C2(c4cc(/C=C/c5ccc(C)cc5)ccc4-3)c3cc(C)c(C)cc3-c3cc(C)c(C)cc32)cc1. The Bertz CT molecular complexity index is 2110. The lowest BCUT2D eigenvalue weighted by molar-refractivity contribution is 0.790. The van der Waals surface area contributed by atoms with E-state index in [9.17, 15) is 0 Å². The molecule has 0 atom stereocenters. The molecule has 47 heavy (non-hydrogen) atoms. The Balaban J connectivity index is 1.38. The van der Waals surface area contributed by atoms with Gasteiger partial charge in [-0.1, -0.05) is 132 Å². The maximum Gasteiger partial charge on any atom is 0.0726 e. The van der Waals surface area contributed by atoms with Crippen molar-refractivity contribution in [3.63, 3.8) is 0 Å². The number of hydrogen-bond acceptors (Lipinski definition) is 0. The zero-order valence-electron chi connectivity index (χ0n) is 28.2. The van der Waals surface area contributed by atoms with Gasteiger partial charge < -0.3 is 0 Å². The van der Waals surface area contributed by atoms with Gasteiger partial charge in [-0.2, -0.15) is 0 Å². The molecule has 0 saturated carbocycles. The maximum atomic E-state index is 2.48. The van der Waals surface area contributed by atoms with Crippen molar-refractivity contribution in [2.75, 3.05) is 0 Å². The van der Waals surface area contributed by atoms with Crippen LogP contribution in [0, 0.1) is 41.5 Å². The summed E-state index contributed by atoms with van der Waals surface area (Å²) in [5, 5.41) is 0. The Hall–Kier alpha value is -5.20. The number of benzene rings is 6. The van der Waals surface area contributed by atoms with Crippen molar-refractivity contribution in [2.45, 2.75) is 47.0 Å². The van der Waals surface area contributed by atoms with Crippen LogP contribution in [0.15, 0.2) is 109 Å². The molecular formula is C47H40. The highest BCUT2D eigenvalue weighted by Gasteiger charge is 2.52. The van der Waals surface area contributed by atoms with Gasteiger partial charge >= 0.3 is 0 Å². The molecule has 2 aliphatic rings. The lowest BCUT2D eigenvalue weighted by Crippen LogP contribution is -2.26. The molecule has 6 aromatic carbocycles. The van der Waals surface area contributed by atoms with Crippen molar-refractivity contribution >= 4 is 24.3 Å². The first-order valence-electron chi connectivity index (χ1n) is 16.7. The Morgan fingerprint density at radius 1 is 0.319 bits per heavy atom. The Morgan fingerprint density at radius 3 is 1.04 bits per heavy atom. The van der Waals surface area contributed by atoms with Gasteiger partial charge in [0.2, 0.25) is 0 Å². The molecule has 2 aliphatic carbocycles. The second kappa shape index (κ2) is 11.0. The topological polar surface area (TPSA) is 0 Å². The Kier molecular flexibility index (Phi) is 6.81. The van der Waals surface area contributed by atoms with Crippen molar-refractivity contribution in [2.24, 2.45) is 0 Å². The molecule has 0 nitrogen and oxygen atoms in total. The van der Waals surface area contributed by atoms with Crippen LogP contribution in [-0.2, 0) is 5.41 Å². The molecule has 0 N–H and O–H groups in total. The Morgan fingerprint density at radius 2 is 0.638 bits per heavy atom. The normalized spacial score (nSPS) is 13.7. The zero-order valence-corrected chi connectivity index (χ0v) is 28.2. The van der Waals surface area contributed by atoms with Crippen LogP contribution in [0.25, 0.3) is 46.6 Å². The fraction of sp³-hybridized carbons (Fsp3) is 0.149. The van der Waals surface area contributed by atoms with Gasteiger partial charge in [-0.15, -0.1) is 0 Å². The molecule has 6 aromatic rings. The van der Waals surface area contributed by atoms with Crippen LogP contribution in [0.4, 0.5) is 0 Å². The van der Waals surface area contributed by atoms with Gasteiger partial charge in [0.25, 0.3) is 0 Å². The summed E-state index contributed by atoms with van der Waals surface area (Å²) in [6.45, 7) is 13.3. The fourth-order valence-electron chi connectivity index (χ4n) is 7.73. The van der Waals surface area contributed by atoms with E-state index in [1.807, 2.05) is 0 Å². The highest BCUT2D eigenvalue weighted by Crippen LogP contribution is 2.63. The van der Waals surface area contributed by atoms with E-state index in [0.717, 1.165) is 0 Å².